The number of nitro groups is 1. The minimum atomic E-state index is -0.994. The van der Waals surface area contributed by atoms with E-state index in [0.717, 1.165) is 12.1 Å². The molecule has 0 spiro atoms. The molecule has 3 aromatic rings. The first kappa shape index (κ1) is 16.2. The van der Waals surface area contributed by atoms with Gasteiger partial charge in [-0.25, -0.2) is 4.39 Å². The Morgan fingerprint density at radius 1 is 1.32 bits per heavy atom. The van der Waals surface area contributed by atoms with Gasteiger partial charge in [-0.2, -0.15) is 4.98 Å². The summed E-state index contributed by atoms with van der Waals surface area (Å²) in [5.41, 5.74) is -0.258. The second kappa shape index (κ2) is 6.83. The standard InChI is InChI=1S/C15H10FN5O4/c16-11-7-9(21(23)24)4-5-10(11)15(22)18-8-13-19-14(20-25-13)12-3-1-2-6-17-12/h1-7H,8H2,(H,18,22). The summed E-state index contributed by atoms with van der Waals surface area (Å²) in [5.74, 6) is -1.39. The average molecular weight is 343 g/mol. The van der Waals surface area contributed by atoms with Crippen LogP contribution in [0.3, 0.4) is 0 Å². The molecule has 0 unspecified atom stereocenters. The minimum Gasteiger partial charge on any atom is -0.343 e. The lowest BCUT2D eigenvalue weighted by atomic mass is 10.2. The van der Waals surface area contributed by atoms with Gasteiger partial charge in [0.2, 0.25) is 11.7 Å². The number of nitrogens with zero attached hydrogens (tertiary/aromatic N) is 4. The molecule has 0 fully saturated rings. The van der Waals surface area contributed by atoms with Gasteiger partial charge in [-0.05, 0) is 18.2 Å². The Morgan fingerprint density at radius 2 is 2.16 bits per heavy atom. The highest BCUT2D eigenvalue weighted by Crippen LogP contribution is 2.17. The second-order valence-corrected chi connectivity index (χ2v) is 4.83. The Balaban J connectivity index is 1.67. The van der Waals surface area contributed by atoms with Crippen molar-refractivity contribution < 1.29 is 18.6 Å². The van der Waals surface area contributed by atoms with E-state index in [1.54, 1.807) is 24.4 Å². The van der Waals surface area contributed by atoms with Crippen LogP contribution in [0.25, 0.3) is 11.5 Å². The van der Waals surface area contributed by atoms with Crippen molar-refractivity contribution in [3.05, 3.63) is 70.0 Å². The molecule has 2 heterocycles. The molecular weight excluding hydrogens is 333 g/mol. The van der Waals surface area contributed by atoms with Gasteiger partial charge in [0.05, 0.1) is 23.1 Å². The number of hydrogen-bond acceptors (Lipinski definition) is 7. The van der Waals surface area contributed by atoms with Gasteiger partial charge in [-0.1, -0.05) is 11.2 Å². The first-order chi connectivity index (χ1) is 12.0. The van der Waals surface area contributed by atoms with Crippen LogP contribution in [-0.2, 0) is 6.54 Å². The number of aromatic nitrogens is 3. The molecule has 1 N–H and O–H groups in total. The summed E-state index contributed by atoms with van der Waals surface area (Å²) >= 11 is 0. The molecule has 0 aliphatic heterocycles. The van der Waals surface area contributed by atoms with Gasteiger partial charge in [-0.3, -0.25) is 19.9 Å². The van der Waals surface area contributed by atoms with Crippen LogP contribution in [0.5, 0.6) is 0 Å². The van der Waals surface area contributed by atoms with Crippen molar-refractivity contribution in [1.29, 1.82) is 0 Å². The highest BCUT2D eigenvalue weighted by molar-refractivity contribution is 5.94. The van der Waals surface area contributed by atoms with Crippen molar-refractivity contribution in [2.45, 2.75) is 6.54 Å². The van der Waals surface area contributed by atoms with Gasteiger partial charge >= 0.3 is 0 Å². The van der Waals surface area contributed by atoms with E-state index in [0.29, 0.717) is 11.8 Å². The van der Waals surface area contributed by atoms with Crippen molar-refractivity contribution in [2.75, 3.05) is 0 Å². The van der Waals surface area contributed by atoms with E-state index in [2.05, 4.69) is 20.4 Å². The van der Waals surface area contributed by atoms with Crippen molar-refractivity contribution in [3.63, 3.8) is 0 Å². The molecule has 0 aliphatic rings. The summed E-state index contributed by atoms with van der Waals surface area (Å²) in [6.07, 6.45) is 1.57. The fourth-order valence-corrected chi connectivity index (χ4v) is 1.98. The Kier molecular flexibility index (Phi) is 4.42. The zero-order valence-corrected chi connectivity index (χ0v) is 12.5. The predicted molar refractivity (Wildman–Crippen MR) is 81.8 cm³/mol. The van der Waals surface area contributed by atoms with Crippen LogP contribution in [0.1, 0.15) is 16.2 Å². The van der Waals surface area contributed by atoms with E-state index in [1.807, 2.05) is 0 Å². The fourth-order valence-electron chi connectivity index (χ4n) is 1.98. The smallest absolute Gasteiger partial charge is 0.272 e. The molecule has 2 aromatic heterocycles. The Bertz CT molecular complexity index is 929. The van der Waals surface area contributed by atoms with Crippen LogP contribution < -0.4 is 5.32 Å². The van der Waals surface area contributed by atoms with Crippen LogP contribution in [0.15, 0.2) is 47.1 Å². The SMILES string of the molecule is O=C(NCc1nc(-c2ccccn2)no1)c1ccc([N+](=O)[O-])cc1F. The highest BCUT2D eigenvalue weighted by Gasteiger charge is 2.17. The number of rotatable bonds is 5. The topological polar surface area (TPSA) is 124 Å². The molecule has 0 saturated carbocycles. The average Bonchev–Trinajstić information content (AvgIpc) is 3.09. The van der Waals surface area contributed by atoms with Crippen LogP contribution in [0, 0.1) is 15.9 Å². The fraction of sp³-hybridized carbons (Fsp3) is 0.0667. The first-order valence-corrected chi connectivity index (χ1v) is 7.01. The van der Waals surface area contributed by atoms with Gasteiger partial charge in [0.25, 0.3) is 11.6 Å². The Labute approximate surface area is 139 Å². The molecular formula is C15H10FN5O4. The number of amides is 1. The van der Waals surface area contributed by atoms with Crippen molar-refractivity contribution in [1.82, 2.24) is 20.4 Å². The van der Waals surface area contributed by atoms with E-state index in [4.69, 9.17) is 4.52 Å². The summed E-state index contributed by atoms with van der Waals surface area (Å²) in [7, 11) is 0. The van der Waals surface area contributed by atoms with Crippen LogP contribution in [0.2, 0.25) is 0 Å². The van der Waals surface area contributed by atoms with Gasteiger partial charge in [-0.15, -0.1) is 0 Å². The van der Waals surface area contributed by atoms with Crippen molar-refractivity contribution >= 4 is 11.6 Å². The van der Waals surface area contributed by atoms with Crippen molar-refractivity contribution in [2.24, 2.45) is 0 Å². The lowest BCUT2D eigenvalue weighted by molar-refractivity contribution is -0.385. The third-order valence-electron chi connectivity index (χ3n) is 3.17. The maximum Gasteiger partial charge on any atom is 0.272 e. The number of benzene rings is 1. The number of carbonyl (C=O) groups excluding carboxylic acids is 1. The lowest BCUT2D eigenvalue weighted by Gasteiger charge is -2.03. The third-order valence-corrected chi connectivity index (χ3v) is 3.17. The normalized spacial score (nSPS) is 10.4. The van der Waals surface area contributed by atoms with Gasteiger partial charge in [0.1, 0.15) is 11.5 Å². The predicted octanol–water partition coefficient (Wildman–Crippen LogP) is 2.11. The molecule has 25 heavy (non-hydrogen) atoms. The summed E-state index contributed by atoms with van der Waals surface area (Å²) in [4.78, 5) is 29.9. The first-order valence-electron chi connectivity index (χ1n) is 7.01. The monoisotopic (exact) mass is 343 g/mol. The number of carbonyl (C=O) groups is 1. The number of hydrogen-bond donors (Lipinski definition) is 1. The third kappa shape index (κ3) is 3.63. The van der Waals surface area contributed by atoms with E-state index in [9.17, 15) is 19.3 Å². The molecule has 10 heteroatoms. The molecule has 0 aliphatic carbocycles. The highest BCUT2D eigenvalue weighted by atomic mass is 19.1. The van der Waals surface area contributed by atoms with Gasteiger partial charge < -0.3 is 9.84 Å². The Morgan fingerprint density at radius 3 is 2.84 bits per heavy atom. The number of halogens is 1. The molecule has 0 radical (unpaired) electrons. The lowest BCUT2D eigenvalue weighted by Crippen LogP contribution is -2.24. The van der Waals surface area contributed by atoms with E-state index >= 15 is 0 Å². The quantitative estimate of drug-likeness (QED) is 0.555. The minimum absolute atomic E-state index is 0.108. The van der Waals surface area contributed by atoms with Gasteiger partial charge in [0.15, 0.2) is 0 Å². The maximum atomic E-state index is 13.8. The van der Waals surface area contributed by atoms with E-state index < -0.39 is 22.3 Å². The summed E-state index contributed by atoms with van der Waals surface area (Å²) < 4.78 is 18.8. The Hall–Kier alpha value is -3.69. The van der Waals surface area contributed by atoms with E-state index in [1.165, 1.54) is 0 Å². The molecule has 0 atom stereocenters. The van der Waals surface area contributed by atoms with Crippen LogP contribution >= 0.6 is 0 Å². The molecule has 1 amide bonds. The zero-order chi connectivity index (χ0) is 17.8. The van der Waals surface area contributed by atoms with Gasteiger partial charge in [0, 0.05) is 12.3 Å². The molecule has 126 valence electrons. The number of nitrogens with one attached hydrogen (secondary N) is 1. The van der Waals surface area contributed by atoms with E-state index in [-0.39, 0.29) is 23.8 Å². The number of nitro benzene ring substituents is 1. The number of non-ortho nitro benzene ring substituents is 1. The summed E-state index contributed by atoms with van der Waals surface area (Å²) in [6, 6.07) is 7.96. The largest absolute Gasteiger partial charge is 0.343 e. The molecule has 9 nitrogen and oxygen atoms in total. The van der Waals surface area contributed by atoms with Crippen molar-refractivity contribution in [3.8, 4) is 11.5 Å². The molecule has 0 bridgehead atoms. The second-order valence-electron chi connectivity index (χ2n) is 4.83. The number of pyridine rings is 1. The zero-order valence-electron chi connectivity index (χ0n) is 12.5. The van der Waals surface area contributed by atoms with Crippen LogP contribution in [-0.4, -0.2) is 26.0 Å². The summed E-state index contributed by atoms with van der Waals surface area (Å²) in [5, 5.41) is 16.7. The maximum absolute atomic E-state index is 13.8. The summed E-state index contributed by atoms with van der Waals surface area (Å²) in [6.45, 7) is -0.130. The molecule has 0 saturated heterocycles. The molecule has 1 aromatic carbocycles. The molecule has 3 rings (SSSR count). The van der Waals surface area contributed by atoms with Crippen LogP contribution in [0.4, 0.5) is 10.1 Å².